The van der Waals surface area contributed by atoms with Gasteiger partial charge >= 0.3 is 0 Å². The van der Waals surface area contributed by atoms with Crippen molar-refractivity contribution in [3.63, 3.8) is 0 Å². The summed E-state index contributed by atoms with van der Waals surface area (Å²) in [6.45, 7) is 3.96. The fraction of sp³-hybridized carbons (Fsp3) is 0.259. The fourth-order valence-electron chi connectivity index (χ4n) is 3.60. The van der Waals surface area contributed by atoms with Crippen molar-refractivity contribution >= 4 is 23.4 Å². The molecular weight excluding hydrogens is 439 g/mol. The monoisotopic (exact) mass is 466 g/mol. The van der Waals surface area contributed by atoms with Crippen LogP contribution in [-0.2, 0) is 29.0 Å². The molecule has 2 amide bonds. The van der Waals surface area contributed by atoms with E-state index in [1.807, 2.05) is 44.2 Å². The molecule has 0 heterocycles. The Hall–Kier alpha value is -3.18. The van der Waals surface area contributed by atoms with Gasteiger partial charge in [-0.05, 0) is 54.8 Å². The number of carbonyl (C=O) groups excluding carboxylic acids is 2. The molecular formula is C27H28ClFN2O2. The van der Waals surface area contributed by atoms with Crippen molar-refractivity contribution in [1.29, 1.82) is 0 Å². The van der Waals surface area contributed by atoms with Crippen LogP contribution in [0.3, 0.4) is 0 Å². The molecule has 172 valence electrons. The lowest BCUT2D eigenvalue weighted by molar-refractivity contribution is -0.141. The smallest absolute Gasteiger partial charge is 0.243 e. The minimum absolute atomic E-state index is 0.0742. The standard InChI is InChI=1S/C27H28ClFN2O2/c1-19(2)30-27(33)25(16-20-6-4-3-5-7-20)31(18-22-10-14-24(29)15-11-22)26(32)17-21-8-12-23(28)13-9-21/h3-15,19,25H,16-18H2,1-2H3,(H,30,33). The number of nitrogens with one attached hydrogen (secondary N) is 1. The van der Waals surface area contributed by atoms with Crippen LogP contribution in [0.25, 0.3) is 0 Å². The molecule has 0 aliphatic rings. The van der Waals surface area contributed by atoms with E-state index in [0.717, 1.165) is 16.7 Å². The number of halogens is 2. The molecule has 3 aromatic carbocycles. The van der Waals surface area contributed by atoms with E-state index in [-0.39, 0.29) is 36.6 Å². The first-order valence-electron chi connectivity index (χ1n) is 10.9. The lowest BCUT2D eigenvalue weighted by Crippen LogP contribution is -2.52. The van der Waals surface area contributed by atoms with Crippen LogP contribution in [0.5, 0.6) is 0 Å². The van der Waals surface area contributed by atoms with E-state index in [1.54, 1.807) is 41.3 Å². The molecule has 6 heteroatoms. The second-order valence-corrected chi connectivity index (χ2v) is 8.76. The maximum atomic E-state index is 13.5. The molecule has 0 aromatic heterocycles. The highest BCUT2D eigenvalue weighted by Gasteiger charge is 2.30. The molecule has 0 aliphatic carbocycles. The van der Waals surface area contributed by atoms with Crippen LogP contribution in [0.15, 0.2) is 78.9 Å². The highest BCUT2D eigenvalue weighted by Crippen LogP contribution is 2.18. The lowest BCUT2D eigenvalue weighted by atomic mass is 10.0. The minimum atomic E-state index is -0.723. The third kappa shape index (κ3) is 7.43. The zero-order valence-corrected chi connectivity index (χ0v) is 19.6. The Balaban J connectivity index is 1.95. The maximum Gasteiger partial charge on any atom is 0.243 e. The number of nitrogens with zero attached hydrogens (tertiary/aromatic N) is 1. The number of hydrogen-bond donors (Lipinski definition) is 1. The number of carbonyl (C=O) groups is 2. The third-order valence-corrected chi connectivity index (χ3v) is 5.49. The van der Waals surface area contributed by atoms with Crippen LogP contribution in [0.1, 0.15) is 30.5 Å². The minimum Gasteiger partial charge on any atom is -0.352 e. The largest absolute Gasteiger partial charge is 0.352 e. The van der Waals surface area contributed by atoms with Crippen molar-refractivity contribution in [2.75, 3.05) is 0 Å². The van der Waals surface area contributed by atoms with Crippen molar-refractivity contribution in [2.45, 2.75) is 45.3 Å². The highest BCUT2D eigenvalue weighted by atomic mass is 35.5. The van der Waals surface area contributed by atoms with E-state index in [2.05, 4.69) is 5.32 Å². The summed E-state index contributed by atoms with van der Waals surface area (Å²) >= 11 is 5.98. The van der Waals surface area contributed by atoms with E-state index >= 15 is 0 Å². The predicted octanol–water partition coefficient (Wildman–Crippen LogP) is 5.19. The van der Waals surface area contributed by atoms with Gasteiger partial charge < -0.3 is 10.2 Å². The van der Waals surface area contributed by atoms with Gasteiger partial charge in [-0.1, -0.05) is 66.2 Å². The fourth-order valence-corrected chi connectivity index (χ4v) is 3.73. The summed E-state index contributed by atoms with van der Waals surface area (Å²) in [5.74, 6) is -0.766. The molecule has 1 unspecified atom stereocenters. The summed E-state index contributed by atoms with van der Waals surface area (Å²) in [6.07, 6.45) is 0.492. The lowest BCUT2D eigenvalue weighted by Gasteiger charge is -2.32. The predicted molar refractivity (Wildman–Crippen MR) is 129 cm³/mol. The van der Waals surface area contributed by atoms with Crippen molar-refractivity contribution in [2.24, 2.45) is 0 Å². The molecule has 33 heavy (non-hydrogen) atoms. The number of hydrogen-bond acceptors (Lipinski definition) is 2. The Morgan fingerprint density at radius 1 is 0.879 bits per heavy atom. The topological polar surface area (TPSA) is 49.4 Å². The van der Waals surface area contributed by atoms with Crippen molar-refractivity contribution in [3.8, 4) is 0 Å². The molecule has 3 aromatic rings. The van der Waals surface area contributed by atoms with Crippen LogP contribution in [0, 0.1) is 5.82 Å². The SMILES string of the molecule is CC(C)NC(=O)C(Cc1ccccc1)N(Cc1ccc(F)cc1)C(=O)Cc1ccc(Cl)cc1. The van der Waals surface area contributed by atoms with E-state index < -0.39 is 6.04 Å². The van der Waals surface area contributed by atoms with Gasteiger partial charge in [-0.25, -0.2) is 4.39 Å². The molecule has 0 radical (unpaired) electrons. The number of rotatable bonds is 9. The molecule has 1 atom stereocenters. The van der Waals surface area contributed by atoms with Crippen LogP contribution < -0.4 is 5.32 Å². The number of amides is 2. The second-order valence-electron chi connectivity index (χ2n) is 8.32. The van der Waals surface area contributed by atoms with Gasteiger partial charge in [-0.3, -0.25) is 9.59 Å². The molecule has 0 spiro atoms. The zero-order valence-electron chi connectivity index (χ0n) is 18.8. The molecule has 0 aliphatic heterocycles. The Bertz CT molecular complexity index is 1050. The number of benzene rings is 3. The molecule has 4 nitrogen and oxygen atoms in total. The van der Waals surface area contributed by atoms with E-state index in [1.165, 1.54) is 12.1 Å². The molecule has 0 fully saturated rings. The van der Waals surface area contributed by atoms with Crippen molar-refractivity contribution < 1.29 is 14.0 Å². The average Bonchev–Trinajstić information content (AvgIpc) is 2.79. The summed E-state index contributed by atoms with van der Waals surface area (Å²) < 4.78 is 13.5. The Kier molecular flexibility index (Phi) is 8.61. The Morgan fingerprint density at radius 3 is 2.09 bits per heavy atom. The molecule has 0 bridgehead atoms. The summed E-state index contributed by atoms with van der Waals surface area (Å²) in [6, 6.07) is 21.9. The van der Waals surface area contributed by atoms with Crippen LogP contribution in [-0.4, -0.2) is 28.8 Å². The Morgan fingerprint density at radius 2 is 1.48 bits per heavy atom. The molecule has 1 N–H and O–H groups in total. The first-order valence-corrected chi connectivity index (χ1v) is 11.3. The van der Waals surface area contributed by atoms with Gasteiger partial charge in [0.25, 0.3) is 0 Å². The normalized spacial score (nSPS) is 11.8. The van der Waals surface area contributed by atoms with Crippen molar-refractivity contribution in [3.05, 3.63) is 106 Å². The first kappa shape index (κ1) is 24.5. The summed E-state index contributed by atoms with van der Waals surface area (Å²) in [7, 11) is 0. The third-order valence-electron chi connectivity index (χ3n) is 5.24. The maximum absolute atomic E-state index is 13.5. The zero-order chi connectivity index (χ0) is 23.8. The molecule has 3 rings (SSSR count). The van der Waals surface area contributed by atoms with Crippen LogP contribution >= 0.6 is 11.6 Å². The van der Waals surface area contributed by atoms with Gasteiger partial charge in [0, 0.05) is 24.0 Å². The van der Waals surface area contributed by atoms with Gasteiger partial charge in [0.15, 0.2) is 0 Å². The van der Waals surface area contributed by atoms with Crippen LogP contribution in [0.4, 0.5) is 4.39 Å². The summed E-state index contributed by atoms with van der Waals surface area (Å²) in [4.78, 5) is 28.4. The second kappa shape index (κ2) is 11.6. The van der Waals surface area contributed by atoms with Crippen LogP contribution in [0.2, 0.25) is 5.02 Å². The van der Waals surface area contributed by atoms with E-state index in [0.29, 0.717) is 11.4 Å². The molecule has 0 saturated heterocycles. The van der Waals surface area contributed by atoms with Crippen molar-refractivity contribution in [1.82, 2.24) is 10.2 Å². The highest BCUT2D eigenvalue weighted by molar-refractivity contribution is 6.30. The average molecular weight is 467 g/mol. The summed E-state index contributed by atoms with van der Waals surface area (Å²) in [5.41, 5.74) is 2.50. The van der Waals surface area contributed by atoms with Gasteiger partial charge in [0.05, 0.1) is 6.42 Å². The van der Waals surface area contributed by atoms with E-state index in [4.69, 9.17) is 11.6 Å². The van der Waals surface area contributed by atoms with Gasteiger partial charge in [-0.2, -0.15) is 0 Å². The summed E-state index contributed by atoms with van der Waals surface area (Å²) in [5, 5.41) is 3.54. The quantitative estimate of drug-likeness (QED) is 0.472. The van der Waals surface area contributed by atoms with E-state index in [9.17, 15) is 14.0 Å². The van der Waals surface area contributed by atoms with Gasteiger partial charge in [0.1, 0.15) is 11.9 Å². The van der Waals surface area contributed by atoms with Gasteiger partial charge in [0.2, 0.25) is 11.8 Å². The first-order chi connectivity index (χ1) is 15.8. The Labute approximate surface area is 199 Å². The molecule has 0 saturated carbocycles. The van der Waals surface area contributed by atoms with Gasteiger partial charge in [-0.15, -0.1) is 0 Å².